The van der Waals surface area contributed by atoms with Gasteiger partial charge in [-0.2, -0.15) is 10.2 Å². The summed E-state index contributed by atoms with van der Waals surface area (Å²) >= 11 is 8.05. The molecule has 0 unspecified atom stereocenters. The van der Waals surface area contributed by atoms with Crippen LogP contribution >= 0.6 is 23.5 Å². The number of nitrogens with zero attached hydrogens (tertiary/aromatic N) is 4. The van der Waals surface area contributed by atoms with Gasteiger partial charge in [0.15, 0.2) is 0 Å². The summed E-state index contributed by atoms with van der Waals surface area (Å²) in [5, 5.41) is 12.1. The summed E-state index contributed by atoms with van der Waals surface area (Å²) in [7, 11) is 0. The van der Waals surface area contributed by atoms with Crippen LogP contribution in [0.2, 0.25) is 5.02 Å². The minimum absolute atomic E-state index is 0.0684. The quantitative estimate of drug-likeness (QED) is 0.496. The number of hydrogen-bond donors (Lipinski definition) is 1. The van der Waals surface area contributed by atoms with Gasteiger partial charge in [0.05, 0.1) is 18.0 Å². The molecule has 2 aromatic rings. The number of rotatable bonds is 7. The minimum Gasteiger partial charge on any atom is -0.317 e. The van der Waals surface area contributed by atoms with Gasteiger partial charge in [0.25, 0.3) is 6.43 Å². The number of aromatic nitrogens is 1. The second-order valence-electron chi connectivity index (χ2n) is 7.22. The SMILES string of the molecule is CC.FC(F)C1=NN=C(c2ccc(CN(SC3CCNCC3)c3cccc(Cl)c3)nc2)C1. The van der Waals surface area contributed by atoms with E-state index in [2.05, 4.69) is 24.8 Å². The third kappa shape index (κ3) is 6.73. The molecular formula is C23H28ClF2N5S. The van der Waals surface area contributed by atoms with E-state index in [1.54, 1.807) is 6.20 Å². The summed E-state index contributed by atoms with van der Waals surface area (Å²) < 4.78 is 27.8. The average molecular weight is 480 g/mol. The van der Waals surface area contributed by atoms with Crippen LogP contribution in [-0.2, 0) is 6.54 Å². The van der Waals surface area contributed by atoms with Gasteiger partial charge in [0, 0.05) is 34.1 Å². The van der Waals surface area contributed by atoms with E-state index in [1.807, 2.05) is 62.2 Å². The van der Waals surface area contributed by atoms with Crippen LogP contribution in [0, 0.1) is 0 Å². The monoisotopic (exact) mass is 479 g/mol. The van der Waals surface area contributed by atoms with Gasteiger partial charge in [-0.15, -0.1) is 0 Å². The molecule has 32 heavy (non-hydrogen) atoms. The molecule has 172 valence electrons. The van der Waals surface area contributed by atoms with Gasteiger partial charge in [0.1, 0.15) is 5.71 Å². The number of hydrogen-bond acceptors (Lipinski definition) is 6. The molecule has 2 aliphatic heterocycles. The Morgan fingerprint density at radius 2 is 1.94 bits per heavy atom. The molecule has 0 saturated carbocycles. The third-order valence-electron chi connectivity index (χ3n) is 5.02. The van der Waals surface area contributed by atoms with Crippen LogP contribution in [0.1, 0.15) is 44.4 Å². The van der Waals surface area contributed by atoms with Crippen LogP contribution in [0.15, 0.2) is 52.8 Å². The van der Waals surface area contributed by atoms with E-state index in [1.165, 1.54) is 0 Å². The van der Waals surface area contributed by atoms with E-state index >= 15 is 0 Å². The zero-order valence-electron chi connectivity index (χ0n) is 18.3. The fraction of sp³-hybridized carbons (Fsp3) is 0.435. The molecule has 0 amide bonds. The summed E-state index contributed by atoms with van der Waals surface area (Å²) in [4.78, 5) is 4.55. The number of nitrogens with one attached hydrogen (secondary N) is 1. The molecule has 1 saturated heterocycles. The van der Waals surface area contributed by atoms with Crippen molar-refractivity contribution in [1.82, 2.24) is 10.3 Å². The van der Waals surface area contributed by atoms with Crippen molar-refractivity contribution in [1.29, 1.82) is 0 Å². The van der Waals surface area contributed by atoms with Crippen molar-refractivity contribution < 1.29 is 8.78 Å². The van der Waals surface area contributed by atoms with Gasteiger partial charge in [-0.25, -0.2) is 8.78 Å². The van der Waals surface area contributed by atoms with Crippen LogP contribution in [0.25, 0.3) is 0 Å². The second kappa shape index (κ2) is 12.3. The molecule has 1 fully saturated rings. The number of benzene rings is 1. The van der Waals surface area contributed by atoms with Crippen molar-refractivity contribution in [3.05, 3.63) is 58.9 Å². The third-order valence-corrected chi connectivity index (χ3v) is 6.62. The maximum absolute atomic E-state index is 12.8. The Bertz CT molecular complexity index is 930. The van der Waals surface area contributed by atoms with Crippen molar-refractivity contribution in [2.45, 2.75) is 51.3 Å². The fourth-order valence-corrected chi connectivity index (χ4v) is 4.82. The first kappa shape index (κ1) is 24.6. The summed E-state index contributed by atoms with van der Waals surface area (Å²) in [6.07, 6.45) is 1.40. The van der Waals surface area contributed by atoms with E-state index in [0.29, 0.717) is 22.5 Å². The molecule has 2 aliphatic rings. The van der Waals surface area contributed by atoms with Crippen molar-refractivity contribution >= 4 is 40.7 Å². The highest BCUT2D eigenvalue weighted by Crippen LogP contribution is 2.32. The van der Waals surface area contributed by atoms with E-state index < -0.39 is 6.43 Å². The number of halogens is 3. The van der Waals surface area contributed by atoms with Gasteiger partial charge in [-0.05, 0) is 68.2 Å². The largest absolute Gasteiger partial charge is 0.317 e. The Kier molecular flexibility index (Phi) is 9.44. The summed E-state index contributed by atoms with van der Waals surface area (Å²) in [6, 6.07) is 11.6. The van der Waals surface area contributed by atoms with Crippen LogP contribution in [0.3, 0.4) is 0 Å². The molecule has 1 aromatic heterocycles. The summed E-state index contributed by atoms with van der Waals surface area (Å²) in [5.74, 6) is 0. The van der Waals surface area contributed by atoms with Crippen molar-refractivity contribution in [3.63, 3.8) is 0 Å². The van der Waals surface area contributed by atoms with Crippen molar-refractivity contribution in [3.8, 4) is 0 Å². The lowest BCUT2D eigenvalue weighted by atomic mass is 10.1. The van der Waals surface area contributed by atoms with Crippen molar-refractivity contribution in [2.75, 3.05) is 17.4 Å². The Balaban J connectivity index is 0.00000141. The predicted molar refractivity (Wildman–Crippen MR) is 131 cm³/mol. The van der Waals surface area contributed by atoms with Crippen LogP contribution < -0.4 is 9.62 Å². The maximum atomic E-state index is 12.8. The molecule has 0 atom stereocenters. The van der Waals surface area contributed by atoms with Gasteiger partial charge in [0.2, 0.25) is 0 Å². The molecule has 9 heteroatoms. The Morgan fingerprint density at radius 1 is 1.16 bits per heavy atom. The molecule has 0 aliphatic carbocycles. The van der Waals surface area contributed by atoms with Gasteiger partial charge < -0.3 is 9.62 Å². The normalized spacial score (nSPS) is 16.3. The highest BCUT2D eigenvalue weighted by Gasteiger charge is 2.23. The number of anilines is 1. The average Bonchev–Trinajstić information content (AvgIpc) is 3.32. The van der Waals surface area contributed by atoms with E-state index in [0.717, 1.165) is 42.9 Å². The lowest BCUT2D eigenvalue weighted by molar-refractivity contribution is 0.224. The Hall–Kier alpha value is -2.03. The van der Waals surface area contributed by atoms with E-state index in [9.17, 15) is 8.78 Å². The van der Waals surface area contributed by atoms with Crippen LogP contribution in [-0.4, -0.2) is 41.2 Å². The molecule has 0 radical (unpaired) electrons. The lowest BCUT2D eigenvalue weighted by Crippen LogP contribution is -2.31. The molecule has 0 spiro atoms. The van der Waals surface area contributed by atoms with E-state index in [4.69, 9.17) is 11.6 Å². The highest BCUT2D eigenvalue weighted by atomic mass is 35.5. The smallest absolute Gasteiger partial charge is 0.278 e. The van der Waals surface area contributed by atoms with E-state index in [-0.39, 0.29) is 12.1 Å². The standard InChI is InChI=1S/C21H22ClF2N5S.C2H6/c22-15-2-1-3-17(10-15)29(30-18-6-8-25-9-7-18)13-16-5-4-14(12-26-16)19-11-20(21(23)24)28-27-19;1-2/h1-5,10,12,18,21,25H,6-9,11,13H2;1-2H3. The van der Waals surface area contributed by atoms with Crippen molar-refractivity contribution in [2.24, 2.45) is 10.2 Å². The number of piperidine rings is 1. The zero-order chi connectivity index (χ0) is 22.9. The number of pyridine rings is 1. The molecular weight excluding hydrogens is 452 g/mol. The second-order valence-corrected chi connectivity index (χ2v) is 8.98. The van der Waals surface area contributed by atoms with Gasteiger partial charge >= 0.3 is 0 Å². The molecule has 3 heterocycles. The predicted octanol–water partition coefficient (Wildman–Crippen LogP) is 5.98. The van der Waals surface area contributed by atoms with Gasteiger partial charge in [-0.3, -0.25) is 4.98 Å². The molecule has 1 N–H and O–H groups in total. The lowest BCUT2D eigenvalue weighted by Gasteiger charge is -2.30. The Labute approximate surface area is 197 Å². The molecule has 0 bridgehead atoms. The highest BCUT2D eigenvalue weighted by molar-refractivity contribution is 8.01. The minimum atomic E-state index is -2.57. The number of alkyl halides is 2. The summed E-state index contributed by atoms with van der Waals surface area (Å²) in [6.45, 7) is 6.66. The molecule has 1 aromatic carbocycles. The first-order valence-corrected chi connectivity index (χ1v) is 12.1. The topological polar surface area (TPSA) is 52.9 Å². The molecule has 4 rings (SSSR count). The zero-order valence-corrected chi connectivity index (χ0v) is 19.8. The first-order valence-electron chi connectivity index (χ1n) is 10.9. The summed E-state index contributed by atoms with van der Waals surface area (Å²) in [5.41, 5.74) is 2.97. The maximum Gasteiger partial charge on any atom is 0.278 e. The first-order chi connectivity index (χ1) is 15.6. The van der Waals surface area contributed by atoms with Crippen LogP contribution in [0.4, 0.5) is 14.5 Å². The van der Waals surface area contributed by atoms with Crippen LogP contribution in [0.5, 0.6) is 0 Å². The molecule has 5 nitrogen and oxygen atoms in total. The fourth-order valence-electron chi connectivity index (χ4n) is 3.38. The Morgan fingerprint density at radius 3 is 2.56 bits per heavy atom. The van der Waals surface area contributed by atoms with Gasteiger partial charge in [-0.1, -0.05) is 31.5 Å².